The normalized spacial score (nSPS) is 10.2. The number of amides is 2. The molecule has 0 atom stereocenters. The van der Waals surface area contributed by atoms with Crippen molar-refractivity contribution in [2.24, 2.45) is 5.73 Å². The summed E-state index contributed by atoms with van der Waals surface area (Å²) in [6.07, 6.45) is 0. The fourth-order valence-corrected chi connectivity index (χ4v) is 2.50. The van der Waals surface area contributed by atoms with Crippen molar-refractivity contribution in [1.82, 2.24) is 0 Å². The number of carbonyl (C=O) groups is 2. The highest BCUT2D eigenvalue weighted by Gasteiger charge is 2.19. The van der Waals surface area contributed by atoms with Gasteiger partial charge in [0.2, 0.25) is 0 Å². The van der Waals surface area contributed by atoms with Crippen molar-refractivity contribution in [3.05, 3.63) is 93.8 Å². The maximum Gasteiger partial charge on any atom is 0.270 e. The van der Waals surface area contributed by atoms with Gasteiger partial charge in [-0.3, -0.25) is 19.7 Å². The summed E-state index contributed by atoms with van der Waals surface area (Å²) in [7, 11) is 0. The number of primary amides is 1. The second-order valence-electron chi connectivity index (χ2n) is 5.87. The quantitative estimate of drug-likeness (QED) is 0.484. The molecule has 0 fully saturated rings. The van der Waals surface area contributed by atoms with Gasteiger partial charge < -0.3 is 15.8 Å². The van der Waals surface area contributed by atoms with E-state index in [1.807, 2.05) is 0 Å². The van der Waals surface area contributed by atoms with Crippen LogP contribution in [-0.4, -0.2) is 16.7 Å². The van der Waals surface area contributed by atoms with Gasteiger partial charge in [-0.15, -0.1) is 0 Å². The molecular weight excluding hydrogens is 381 g/mol. The second-order valence-corrected chi connectivity index (χ2v) is 5.87. The number of nitro benzene ring substituents is 1. The van der Waals surface area contributed by atoms with Gasteiger partial charge in [0, 0.05) is 17.8 Å². The van der Waals surface area contributed by atoms with E-state index in [4.69, 9.17) is 10.5 Å². The van der Waals surface area contributed by atoms with Crippen molar-refractivity contribution in [2.45, 2.75) is 0 Å². The molecule has 0 aliphatic carbocycles. The molecule has 0 saturated heterocycles. The molecule has 0 aliphatic heterocycles. The first-order chi connectivity index (χ1) is 13.8. The molecule has 3 rings (SSSR count). The van der Waals surface area contributed by atoms with Gasteiger partial charge in [0.15, 0.2) is 0 Å². The highest BCUT2D eigenvalue weighted by atomic mass is 19.1. The van der Waals surface area contributed by atoms with Gasteiger partial charge in [0.25, 0.3) is 17.5 Å². The molecule has 0 bridgehead atoms. The van der Waals surface area contributed by atoms with E-state index in [0.29, 0.717) is 5.75 Å². The van der Waals surface area contributed by atoms with Crippen LogP contribution in [0.2, 0.25) is 0 Å². The summed E-state index contributed by atoms with van der Waals surface area (Å²) in [5, 5.41) is 13.6. The number of benzene rings is 3. The number of hydrogen-bond donors (Lipinski definition) is 2. The summed E-state index contributed by atoms with van der Waals surface area (Å²) < 4.78 is 19.3. The third-order valence-corrected chi connectivity index (χ3v) is 3.88. The summed E-state index contributed by atoms with van der Waals surface area (Å²) in [6, 6.07) is 15.4. The number of non-ortho nitro benzene ring substituents is 1. The van der Waals surface area contributed by atoms with E-state index in [1.165, 1.54) is 18.2 Å². The lowest BCUT2D eigenvalue weighted by Gasteiger charge is -2.12. The van der Waals surface area contributed by atoms with Crippen molar-refractivity contribution in [3.63, 3.8) is 0 Å². The molecule has 3 aromatic carbocycles. The number of nitrogens with two attached hydrogens (primary N) is 1. The maximum absolute atomic E-state index is 13.6. The molecule has 3 aromatic rings. The lowest BCUT2D eigenvalue weighted by molar-refractivity contribution is -0.384. The lowest BCUT2D eigenvalue weighted by atomic mass is 10.1. The molecule has 29 heavy (non-hydrogen) atoms. The molecule has 0 radical (unpaired) electrons. The highest BCUT2D eigenvalue weighted by Crippen LogP contribution is 2.29. The molecule has 3 N–H and O–H groups in total. The van der Waals surface area contributed by atoms with Crippen molar-refractivity contribution < 1.29 is 23.6 Å². The van der Waals surface area contributed by atoms with Crippen LogP contribution in [0.5, 0.6) is 11.5 Å². The molecular formula is C20H14FN3O5. The van der Waals surface area contributed by atoms with Gasteiger partial charge in [-0.2, -0.15) is 0 Å². The molecule has 2 amide bonds. The second kappa shape index (κ2) is 8.17. The first-order valence-corrected chi connectivity index (χ1v) is 8.27. The Kier molecular flexibility index (Phi) is 5.49. The zero-order valence-electron chi connectivity index (χ0n) is 14.8. The minimum Gasteiger partial charge on any atom is -0.457 e. The number of carbonyl (C=O) groups excluding carboxylic acids is 2. The van der Waals surface area contributed by atoms with Crippen LogP contribution in [0, 0.1) is 15.9 Å². The number of anilines is 1. The fourth-order valence-electron chi connectivity index (χ4n) is 2.50. The summed E-state index contributed by atoms with van der Waals surface area (Å²) in [4.78, 5) is 34.5. The third kappa shape index (κ3) is 4.53. The smallest absolute Gasteiger partial charge is 0.270 e. The van der Waals surface area contributed by atoms with Gasteiger partial charge in [-0.05, 0) is 36.4 Å². The minimum absolute atomic E-state index is 0.0801. The molecule has 9 heteroatoms. The Morgan fingerprint density at radius 3 is 2.38 bits per heavy atom. The maximum atomic E-state index is 13.6. The van der Waals surface area contributed by atoms with Crippen LogP contribution in [0.1, 0.15) is 20.7 Å². The van der Waals surface area contributed by atoms with E-state index in [2.05, 4.69) is 5.32 Å². The molecule has 146 valence electrons. The average Bonchev–Trinajstić information content (AvgIpc) is 2.70. The van der Waals surface area contributed by atoms with Gasteiger partial charge in [-0.25, -0.2) is 4.39 Å². The van der Waals surface area contributed by atoms with Crippen LogP contribution in [0.3, 0.4) is 0 Å². The van der Waals surface area contributed by atoms with E-state index >= 15 is 0 Å². The zero-order chi connectivity index (χ0) is 21.0. The Hall–Kier alpha value is -4.27. The zero-order valence-corrected chi connectivity index (χ0v) is 14.8. The van der Waals surface area contributed by atoms with Crippen molar-refractivity contribution in [3.8, 4) is 11.5 Å². The van der Waals surface area contributed by atoms with Crippen LogP contribution >= 0.6 is 0 Å². The van der Waals surface area contributed by atoms with Crippen molar-refractivity contribution in [2.75, 3.05) is 5.32 Å². The van der Waals surface area contributed by atoms with Crippen LogP contribution < -0.4 is 15.8 Å². The Balaban J connectivity index is 1.96. The molecule has 0 aliphatic rings. The lowest BCUT2D eigenvalue weighted by Crippen LogP contribution is -2.16. The summed E-state index contributed by atoms with van der Waals surface area (Å²) >= 11 is 0. The van der Waals surface area contributed by atoms with Gasteiger partial charge in [0.1, 0.15) is 17.3 Å². The van der Waals surface area contributed by atoms with Crippen LogP contribution in [-0.2, 0) is 0 Å². The SMILES string of the molecule is NC(=O)c1cc(NC(=O)c2cc([N+](=O)[O-])ccc2Oc2ccccc2)ccc1F. The predicted molar refractivity (Wildman–Crippen MR) is 102 cm³/mol. The Morgan fingerprint density at radius 2 is 1.72 bits per heavy atom. The molecule has 0 spiro atoms. The highest BCUT2D eigenvalue weighted by molar-refractivity contribution is 6.07. The molecule has 0 aromatic heterocycles. The van der Waals surface area contributed by atoms with E-state index in [1.54, 1.807) is 30.3 Å². The average molecular weight is 395 g/mol. The number of halogens is 1. The van der Waals surface area contributed by atoms with Gasteiger partial charge >= 0.3 is 0 Å². The Labute approximate surface area is 163 Å². The molecule has 0 heterocycles. The number of hydrogen-bond acceptors (Lipinski definition) is 5. The predicted octanol–water partition coefficient (Wildman–Crippen LogP) is 3.88. The number of para-hydroxylation sites is 1. The van der Waals surface area contributed by atoms with Crippen LogP contribution in [0.25, 0.3) is 0 Å². The number of rotatable bonds is 6. The minimum atomic E-state index is -0.998. The van der Waals surface area contributed by atoms with Gasteiger partial charge in [-0.1, -0.05) is 18.2 Å². The third-order valence-electron chi connectivity index (χ3n) is 3.88. The number of ether oxygens (including phenoxy) is 1. The van der Waals surface area contributed by atoms with E-state index < -0.39 is 28.1 Å². The Morgan fingerprint density at radius 1 is 1.00 bits per heavy atom. The Bertz CT molecular complexity index is 1100. The first-order valence-electron chi connectivity index (χ1n) is 8.27. The van der Waals surface area contributed by atoms with Crippen molar-refractivity contribution >= 4 is 23.2 Å². The molecule has 0 saturated carbocycles. The summed E-state index contributed by atoms with van der Waals surface area (Å²) in [5.74, 6) is -2.08. The molecule has 0 unspecified atom stereocenters. The molecule has 8 nitrogen and oxygen atoms in total. The van der Waals surface area contributed by atoms with E-state index in [9.17, 15) is 24.1 Å². The van der Waals surface area contributed by atoms with E-state index in [0.717, 1.165) is 18.2 Å². The van der Waals surface area contributed by atoms with Crippen molar-refractivity contribution in [1.29, 1.82) is 0 Å². The largest absolute Gasteiger partial charge is 0.457 e. The standard InChI is InChI=1S/C20H14FN3O5/c21-17-8-6-12(10-15(17)19(22)25)23-20(26)16-11-13(24(27)28)7-9-18(16)29-14-4-2-1-3-5-14/h1-11H,(H2,22,25)(H,23,26). The van der Waals surface area contributed by atoms with Crippen LogP contribution in [0.4, 0.5) is 15.8 Å². The fraction of sp³-hybridized carbons (Fsp3) is 0. The topological polar surface area (TPSA) is 125 Å². The summed E-state index contributed by atoms with van der Waals surface area (Å²) in [6.45, 7) is 0. The first kappa shape index (κ1) is 19.5. The monoisotopic (exact) mass is 395 g/mol. The van der Waals surface area contributed by atoms with Gasteiger partial charge in [0.05, 0.1) is 16.1 Å². The number of nitrogens with zero attached hydrogens (tertiary/aromatic N) is 1. The number of nitrogens with one attached hydrogen (secondary N) is 1. The van der Waals surface area contributed by atoms with Crippen LogP contribution in [0.15, 0.2) is 66.7 Å². The summed E-state index contributed by atoms with van der Waals surface area (Å²) in [5.41, 5.74) is 4.36. The number of nitro groups is 1. The van der Waals surface area contributed by atoms with E-state index in [-0.39, 0.29) is 22.7 Å².